The van der Waals surface area contributed by atoms with Crippen molar-refractivity contribution in [3.8, 4) is 0 Å². The molecule has 1 unspecified atom stereocenters. The molecule has 1 atom stereocenters. The molecule has 2 aromatic carbocycles. The van der Waals surface area contributed by atoms with Gasteiger partial charge in [-0.15, -0.1) is 0 Å². The Labute approximate surface area is 135 Å². The molecule has 1 nitrogen and oxygen atoms in total. The van der Waals surface area contributed by atoms with E-state index in [1.807, 2.05) is 0 Å². The van der Waals surface area contributed by atoms with Crippen LogP contribution in [-0.2, 0) is 0 Å². The van der Waals surface area contributed by atoms with Gasteiger partial charge in [0.25, 0.3) is 0 Å². The molecule has 0 saturated heterocycles. The lowest BCUT2D eigenvalue weighted by Gasteiger charge is -2.20. The van der Waals surface area contributed by atoms with Crippen LogP contribution in [-0.4, -0.2) is 7.05 Å². The van der Waals surface area contributed by atoms with Gasteiger partial charge >= 0.3 is 0 Å². The molecule has 0 bridgehead atoms. The van der Waals surface area contributed by atoms with E-state index in [1.54, 1.807) is 26.1 Å². The summed E-state index contributed by atoms with van der Waals surface area (Å²) in [5, 5.41) is 3.50. The molecule has 1 N–H and O–H groups in total. The molecular weight excluding hydrogens is 395 g/mol. The highest BCUT2D eigenvalue weighted by Crippen LogP contribution is 2.32. The van der Waals surface area contributed by atoms with Gasteiger partial charge in [-0.3, -0.25) is 0 Å². The predicted molar refractivity (Wildman–Crippen MR) is 86.2 cm³/mol. The third-order valence-electron chi connectivity index (χ3n) is 3.15. The highest BCUT2D eigenvalue weighted by molar-refractivity contribution is 14.1. The highest BCUT2D eigenvalue weighted by Gasteiger charge is 2.19. The Morgan fingerprint density at radius 2 is 1.85 bits per heavy atom. The summed E-state index contributed by atoms with van der Waals surface area (Å²) in [7, 11) is 1.79. The van der Waals surface area contributed by atoms with E-state index in [9.17, 15) is 8.78 Å². The normalized spacial score (nSPS) is 12.5. The summed E-state index contributed by atoms with van der Waals surface area (Å²) in [6.07, 6.45) is 0. The second kappa shape index (κ2) is 6.37. The summed E-state index contributed by atoms with van der Waals surface area (Å²) >= 11 is 8.23. The summed E-state index contributed by atoms with van der Waals surface area (Å²) in [6.45, 7) is 1.69. The maximum atomic E-state index is 13.5. The standard InChI is InChI=1S/C15H13ClF2IN/c1-8-5-11(12(16)7-13(8)18)15(20-2)10-4-3-9(17)6-14(10)19/h3-7,15,20H,1-2H3. The van der Waals surface area contributed by atoms with Crippen LogP contribution in [0.25, 0.3) is 0 Å². The van der Waals surface area contributed by atoms with Crippen molar-refractivity contribution in [1.82, 2.24) is 5.32 Å². The molecule has 2 rings (SSSR count). The lowest BCUT2D eigenvalue weighted by Crippen LogP contribution is -2.19. The summed E-state index contributed by atoms with van der Waals surface area (Å²) in [4.78, 5) is 0. The van der Waals surface area contributed by atoms with Crippen molar-refractivity contribution in [1.29, 1.82) is 0 Å². The first kappa shape index (κ1) is 15.7. The first-order chi connectivity index (χ1) is 9.43. The van der Waals surface area contributed by atoms with Gasteiger partial charge in [-0.1, -0.05) is 17.7 Å². The number of hydrogen-bond acceptors (Lipinski definition) is 1. The third-order valence-corrected chi connectivity index (χ3v) is 4.41. The van der Waals surface area contributed by atoms with Gasteiger partial charge < -0.3 is 5.32 Å². The maximum Gasteiger partial charge on any atom is 0.127 e. The van der Waals surface area contributed by atoms with E-state index in [1.165, 1.54) is 18.2 Å². The molecule has 0 spiro atoms. The minimum atomic E-state index is -0.331. The van der Waals surface area contributed by atoms with Gasteiger partial charge in [0, 0.05) is 8.59 Å². The van der Waals surface area contributed by atoms with Gasteiger partial charge in [-0.25, -0.2) is 8.78 Å². The first-order valence-electron chi connectivity index (χ1n) is 6.01. The zero-order valence-corrected chi connectivity index (χ0v) is 13.9. The summed E-state index contributed by atoms with van der Waals surface area (Å²) in [6, 6.07) is 7.41. The van der Waals surface area contributed by atoms with Crippen molar-refractivity contribution in [3.05, 3.63) is 67.2 Å². The summed E-state index contributed by atoms with van der Waals surface area (Å²) in [5.41, 5.74) is 2.21. The fourth-order valence-corrected chi connectivity index (χ4v) is 3.16. The molecule has 0 aromatic heterocycles. The monoisotopic (exact) mass is 407 g/mol. The zero-order chi connectivity index (χ0) is 14.9. The predicted octanol–water partition coefficient (Wildman–Crippen LogP) is 4.84. The molecule has 0 aliphatic carbocycles. The van der Waals surface area contributed by atoms with Crippen LogP contribution in [0.3, 0.4) is 0 Å². The Bertz CT molecular complexity index is 646. The molecule has 2 aromatic rings. The smallest absolute Gasteiger partial charge is 0.127 e. The van der Waals surface area contributed by atoms with E-state index >= 15 is 0 Å². The number of nitrogens with one attached hydrogen (secondary N) is 1. The molecule has 0 fully saturated rings. The average molecular weight is 408 g/mol. The Kier molecular flexibility index (Phi) is 4.99. The van der Waals surface area contributed by atoms with Crippen molar-refractivity contribution in [2.75, 3.05) is 7.05 Å². The molecule has 5 heteroatoms. The van der Waals surface area contributed by atoms with Crippen LogP contribution in [0.5, 0.6) is 0 Å². The molecule has 0 heterocycles. The topological polar surface area (TPSA) is 12.0 Å². The lowest BCUT2D eigenvalue weighted by molar-refractivity contribution is 0.612. The zero-order valence-electron chi connectivity index (χ0n) is 11.0. The van der Waals surface area contributed by atoms with Crippen LogP contribution in [0, 0.1) is 22.1 Å². The van der Waals surface area contributed by atoms with E-state index in [4.69, 9.17) is 11.6 Å². The molecule has 0 amide bonds. The number of hydrogen-bond donors (Lipinski definition) is 1. The van der Waals surface area contributed by atoms with Gasteiger partial charge in [0.1, 0.15) is 11.6 Å². The van der Waals surface area contributed by atoms with Crippen molar-refractivity contribution in [3.63, 3.8) is 0 Å². The van der Waals surface area contributed by atoms with Crippen molar-refractivity contribution < 1.29 is 8.78 Å². The first-order valence-corrected chi connectivity index (χ1v) is 7.47. The van der Waals surface area contributed by atoms with Crippen molar-refractivity contribution in [2.24, 2.45) is 0 Å². The van der Waals surface area contributed by atoms with Gasteiger partial charge in [0.2, 0.25) is 0 Å². The Hall–Kier alpha value is -0.720. The molecule has 0 saturated carbocycles. The van der Waals surface area contributed by atoms with Crippen LogP contribution in [0.2, 0.25) is 5.02 Å². The van der Waals surface area contributed by atoms with E-state index < -0.39 is 0 Å². The Morgan fingerprint density at radius 3 is 2.45 bits per heavy atom. The minimum absolute atomic E-state index is 0.214. The molecule has 106 valence electrons. The van der Waals surface area contributed by atoms with Crippen LogP contribution in [0.15, 0.2) is 30.3 Å². The van der Waals surface area contributed by atoms with Crippen molar-refractivity contribution in [2.45, 2.75) is 13.0 Å². The van der Waals surface area contributed by atoms with Crippen molar-refractivity contribution >= 4 is 34.2 Å². The van der Waals surface area contributed by atoms with Crippen LogP contribution in [0.4, 0.5) is 8.78 Å². The summed E-state index contributed by atoms with van der Waals surface area (Å²) in [5.74, 6) is -0.614. The second-order valence-corrected chi connectivity index (χ2v) is 6.08. The lowest BCUT2D eigenvalue weighted by atomic mass is 9.97. The molecular formula is C15H13ClF2IN. The van der Waals surface area contributed by atoms with Crippen LogP contribution >= 0.6 is 34.2 Å². The number of halogens is 4. The summed E-state index contributed by atoms with van der Waals surface area (Å²) < 4.78 is 27.5. The fraction of sp³-hybridized carbons (Fsp3) is 0.200. The van der Waals surface area contributed by atoms with Crippen LogP contribution < -0.4 is 5.32 Å². The second-order valence-electron chi connectivity index (χ2n) is 4.51. The van der Waals surface area contributed by atoms with E-state index in [-0.39, 0.29) is 17.7 Å². The Morgan fingerprint density at radius 1 is 1.15 bits per heavy atom. The van der Waals surface area contributed by atoms with Gasteiger partial charge in [0.05, 0.1) is 6.04 Å². The van der Waals surface area contributed by atoms with E-state index in [0.29, 0.717) is 10.6 Å². The quantitative estimate of drug-likeness (QED) is 0.718. The SMILES string of the molecule is CNC(c1cc(C)c(F)cc1Cl)c1ccc(F)cc1I. The van der Waals surface area contributed by atoms with Gasteiger partial charge in [-0.2, -0.15) is 0 Å². The molecule has 0 radical (unpaired) electrons. The molecule has 0 aliphatic heterocycles. The number of aryl methyl sites for hydroxylation is 1. The third kappa shape index (κ3) is 3.13. The molecule has 20 heavy (non-hydrogen) atoms. The minimum Gasteiger partial charge on any atom is -0.309 e. The van der Waals surface area contributed by atoms with Gasteiger partial charge in [-0.05, 0) is 77.5 Å². The molecule has 0 aliphatic rings. The van der Waals surface area contributed by atoms with Gasteiger partial charge in [0.15, 0.2) is 0 Å². The average Bonchev–Trinajstić information content (AvgIpc) is 2.38. The fourth-order valence-electron chi connectivity index (χ4n) is 2.11. The Balaban J connectivity index is 2.55. The van der Waals surface area contributed by atoms with E-state index in [2.05, 4.69) is 27.9 Å². The maximum absolute atomic E-state index is 13.5. The number of benzene rings is 2. The number of rotatable bonds is 3. The van der Waals surface area contributed by atoms with Crippen LogP contribution in [0.1, 0.15) is 22.7 Å². The van der Waals surface area contributed by atoms with E-state index in [0.717, 1.165) is 14.7 Å². The highest BCUT2D eigenvalue weighted by atomic mass is 127. The largest absolute Gasteiger partial charge is 0.309 e.